The van der Waals surface area contributed by atoms with E-state index < -0.39 is 22.8 Å². The summed E-state index contributed by atoms with van der Waals surface area (Å²) in [6.45, 7) is -0.188. The van der Waals surface area contributed by atoms with Gasteiger partial charge >= 0.3 is 0 Å². The molecule has 1 saturated heterocycles. The molecule has 5 nitrogen and oxygen atoms in total. The molecule has 1 aliphatic rings. The van der Waals surface area contributed by atoms with E-state index in [4.69, 9.17) is 0 Å². The van der Waals surface area contributed by atoms with Crippen molar-refractivity contribution in [1.82, 2.24) is 10.3 Å². The molecule has 0 unspecified atom stereocenters. The molecule has 104 valence electrons. The number of amides is 1. The average molecular weight is 286 g/mol. The molecule has 0 radical (unpaired) electrons. The Kier molecular flexibility index (Phi) is 4.26. The maximum absolute atomic E-state index is 13.1. The number of aliphatic hydroxyl groups excluding tert-OH is 1. The molecule has 1 aromatic rings. The zero-order valence-corrected chi connectivity index (χ0v) is 11.1. The molecule has 1 amide bonds. The molecule has 3 N–H and O–H groups in total. The van der Waals surface area contributed by atoms with Gasteiger partial charge in [0.2, 0.25) is 0 Å². The van der Waals surface area contributed by atoms with Crippen molar-refractivity contribution in [3.05, 3.63) is 34.0 Å². The molecule has 19 heavy (non-hydrogen) atoms. The Morgan fingerprint density at radius 1 is 1.53 bits per heavy atom. The van der Waals surface area contributed by atoms with Gasteiger partial charge in [-0.2, -0.15) is 11.8 Å². The summed E-state index contributed by atoms with van der Waals surface area (Å²) in [5, 5.41) is 12.2. The molecule has 2 rings (SSSR count). The molecule has 2 heterocycles. The first-order valence-electron chi connectivity index (χ1n) is 5.96. The summed E-state index contributed by atoms with van der Waals surface area (Å²) in [4.78, 5) is 25.7. The first kappa shape index (κ1) is 14.1. The number of thioether (sulfide) groups is 1. The van der Waals surface area contributed by atoms with Crippen LogP contribution in [0.25, 0.3) is 0 Å². The zero-order chi connectivity index (χ0) is 13.9. The summed E-state index contributed by atoms with van der Waals surface area (Å²) in [7, 11) is 0. The first-order valence-corrected chi connectivity index (χ1v) is 7.11. The topological polar surface area (TPSA) is 82.2 Å². The second kappa shape index (κ2) is 5.75. The summed E-state index contributed by atoms with van der Waals surface area (Å²) in [5.41, 5.74) is -1.62. The molecule has 0 spiro atoms. The molecule has 0 aliphatic carbocycles. The summed E-state index contributed by atoms with van der Waals surface area (Å²) >= 11 is 1.75. The number of H-pyrrole nitrogens is 1. The number of aliphatic hydroxyl groups is 1. The highest BCUT2D eigenvalue weighted by Gasteiger charge is 2.34. The van der Waals surface area contributed by atoms with Gasteiger partial charge in [0.1, 0.15) is 11.4 Å². The molecule has 0 aromatic carbocycles. The third kappa shape index (κ3) is 3.16. The van der Waals surface area contributed by atoms with Crippen LogP contribution in [0.1, 0.15) is 23.2 Å². The summed E-state index contributed by atoms with van der Waals surface area (Å²) in [5.74, 6) is 0.337. The molecule has 1 fully saturated rings. The van der Waals surface area contributed by atoms with E-state index in [1.54, 1.807) is 11.8 Å². The highest BCUT2D eigenvalue weighted by Crippen LogP contribution is 2.26. The van der Waals surface area contributed by atoms with Crippen molar-refractivity contribution < 1.29 is 14.3 Å². The smallest absolute Gasteiger partial charge is 0.260 e. The van der Waals surface area contributed by atoms with Crippen LogP contribution in [0.3, 0.4) is 0 Å². The molecule has 0 atom stereocenters. The van der Waals surface area contributed by atoms with E-state index >= 15 is 0 Å². The van der Waals surface area contributed by atoms with Gasteiger partial charge in [-0.3, -0.25) is 9.59 Å². The fourth-order valence-corrected chi connectivity index (χ4v) is 3.29. The van der Waals surface area contributed by atoms with Gasteiger partial charge in [0.15, 0.2) is 0 Å². The number of hydrogen-bond donors (Lipinski definition) is 3. The van der Waals surface area contributed by atoms with Crippen LogP contribution in [-0.4, -0.2) is 39.6 Å². The normalized spacial score (nSPS) is 18.0. The second-order valence-electron chi connectivity index (χ2n) is 4.57. The van der Waals surface area contributed by atoms with Crippen LogP contribution in [0.15, 0.2) is 17.1 Å². The zero-order valence-electron chi connectivity index (χ0n) is 10.2. The maximum atomic E-state index is 13.1. The number of pyridine rings is 1. The van der Waals surface area contributed by atoms with Crippen molar-refractivity contribution >= 4 is 17.7 Å². The first-order chi connectivity index (χ1) is 9.06. The van der Waals surface area contributed by atoms with Crippen LogP contribution in [0.2, 0.25) is 0 Å². The van der Waals surface area contributed by atoms with E-state index in [-0.39, 0.29) is 12.2 Å². The van der Waals surface area contributed by atoms with Crippen LogP contribution in [0, 0.1) is 5.82 Å². The van der Waals surface area contributed by atoms with Gasteiger partial charge in [-0.05, 0) is 30.4 Å². The average Bonchev–Trinajstić information content (AvgIpc) is 2.42. The number of carbonyl (C=O) groups is 1. The van der Waals surface area contributed by atoms with Gasteiger partial charge < -0.3 is 15.4 Å². The van der Waals surface area contributed by atoms with Crippen molar-refractivity contribution in [1.29, 1.82) is 0 Å². The fraction of sp³-hybridized carbons (Fsp3) is 0.500. The van der Waals surface area contributed by atoms with E-state index in [1.165, 1.54) is 0 Å². The summed E-state index contributed by atoms with van der Waals surface area (Å²) in [6, 6.07) is 0.900. The second-order valence-corrected chi connectivity index (χ2v) is 5.79. The van der Waals surface area contributed by atoms with Crippen molar-refractivity contribution in [2.75, 3.05) is 18.1 Å². The Balaban J connectivity index is 2.20. The van der Waals surface area contributed by atoms with Gasteiger partial charge in [-0.1, -0.05) is 0 Å². The predicted molar refractivity (Wildman–Crippen MR) is 70.9 cm³/mol. The number of aromatic amines is 1. The molecule has 1 aromatic heterocycles. The summed E-state index contributed by atoms with van der Waals surface area (Å²) in [6.07, 6.45) is 2.17. The van der Waals surface area contributed by atoms with E-state index in [0.717, 1.165) is 23.8 Å². The third-order valence-electron chi connectivity index (χ3n) is 3.24. The predicted octanol–water partition coefficient (Wildman–Crippen LogP) is 0.502. The SMILES string of the molecule is O=C(NC1(CO)CCSCC1)c1cc(F)c[nH]c1=O. The lowest BCUT2D eigenvalue weighted by Crippen LogP contribution is -2.54. The lowest BCUT2D eigenvalue weighted by atomic mass is 9.93. The van der Waals surface area contributed by atoms with Crippen molar-refractivity contribution in [2.24, 2.45) is 0 Å². The Morgan fingerprint density at radius 2 is 2.21 bits per heavy atom. The summed E-state index contributed by atoms with van der Waals surface area (Å²) < 4.78 is 13.1. The van der Waals surface area contributed by atoms with E-state index in [9.17, 15) is 19.1 Å². The van der Waals surface area contributed by atoms with Crippen LogP contribution in [-0.2, 0) is 0 Å². The van der Waals surface area contributed by atoms with Gasteiger partial charge in [0.05, 0.1) is 12.1 Å². The van der Waals surface area contributed by atoms with Crippen molar-refractivity contribution in [3.8, 4) is 0 Å². The molecule has 7 heteroatoms. The van der Waals surface area contributed by atoms with Crippen molar-refractivity contribution in [3.63, 3.8) is 0 Å². The highest BCUT2D eigenvalue weighted by atomic mass is 32.2. The molecular formula is C12H15FN2O3S. The third-order valence-corrected chi connectivity index (χ3v) is 4.23. The Bertz CT molecular complexity index is 526. The minimum atomic E-state index is -0.707. The number of carbonyl (C=O) groups excluding carboxylic acids is 1. The monoisotopic (exact) mass is 286 g/mol. The number of hydrogen-bond acceptors (Lipinski definition) is 4. The molecule has 0 bridgehead atoms. The quantitative estimate of drug-likeness (QED) is 0.756. The fourth-order valence-electron chi connectivity index (χ4n) is 2.02. The van der Waals surface area contributed by atoms with Crippen LogP contribution in [0.4, 0.5) is 4.39 Å². The number of halogens is 1. The van der Waals surface area contributed by atoms with E-state index in [1.807, 2.05) is 0 Å². The largest absolute Gasteiger partial charge is 0.394 e. The maximum Gasteiger partial charge on any atom is 0.260 e. The standard InChI is InChI=1S/C12H15FN2O3S/c13-8-5-9(10(17)14-6-8)11(18)15-12(7-16)1-3-19-4-2-12/h5-6,16H,1-4,7H2,(H,14,17)(H,15,18). The number of rotatable bonds is 3. The minimum absolute atomic E-state index is 0.188. The van der Waals surface area contributed by atoms with E-state index in [2.05, 4.69) is 10.3 Å². The molecular weight excluding hydrogens is 271 g/mol. The minimum Gasteiger partial charge on any atom is -0.394 e. The van der Waals surface area contributed by atoms with E-state index in [0.29, 0.717) is 12.8 Å². The Hall–Kier alpha value is -1.34. The Morgan fingerprint density at radius 3 is 2.84 bits per heavy atom. The van der Waals surface area contributed by atoms with Gasteiger partial charge in [-0.15, -0.1) is 0 Å². The molecule has 0 saturated carbocycles. The van der Waals surface area contributed by atoms with Gasteiger partial charge in [0, 0.05) is 6.20 Å². The van der Waals surface area contributed by atoms with Gasteiger partial charge in [-0.25, -0.2) is 4.39 Å². The number of nitrogens with one attached hydrogen (secondary N) is 2. The van der Waals surface area contributed by atoms with Crippen molar-refractivity contribution in [2.45, 2.75) is 18.4 Å². The van der Waals surface area contributed by atoms with Crippen LogP contribution in [0.5, 0.6) is 0 Å². The Labute approximate surface area is 113 Å². The van der Waals surface area contributed by atoms with Crippen LogP contribution >= 0.6 is 11.8 Å². The highest BCUT2D eigenvalue weighted by molar-refractivity contribution is 7.99. The number of aromatic nitrogens is 1. The lowest BCUT2D eigenvalue weighted by Gasteiger charge is -2.36. The lowest BCUT2D eigenvalue weighted by molar-refractivity contribution is 0.0815. The molecule has 1 aliphatic heterocycles. The van der Waals surface area contributed by atoms with Gasteiger partial charge in [0.25, 0.3) is 11.5 Å². The van der Waals surface area contributed by atoms with Crippen LogP contribution < -0.4 is 10.9 Å².